The third kappa shape index (κ3) is 3.70. The highest BCUT2D eigenvalue weighted by atomic mass is 16.5. The molecule has 0 spiro atoms. The van der Waals surface area contributed by atoms with Gasteiger partial charge in [-0.1, -0.05) is 18.2 Å². The molecule has 1 heterocycles. The maximum atomic E-state index is 12.6. The maximum absolute atomic E-state index is 12.6. The summed E-state index contributed by atoms with van der Waals surface area (Å²) < 4.78 is 5.48. The van der Waals surface area contributed by atoms with Gasteiger partial charge >= 0.3 is 0 Å². The van der Waals surface area contributed by atoms with E-state index < -0.39 is 0 Å². The van der Waals surface area contributed by atoms with E-state index in [2.05, 4.69) is 4.98 Å². The summed E-state index contributed by atoms with van der Waals surface area (Å²) >= 11 is 0. The van der Waals surface area contributed by atoms with Crippen LogP contribution in [0, 0.1) is 0 Å². The molecule has 1 aromatic heterocycles. The molecule has 0 aliphatic rings. The summed E-state index contributed by atoms with van der Waals surface area (Å²) in [6, 6.07) is 9.13. The molecule has 5 nitrogen and oxygen atoms in total. The summed E-state index contributed by atoms with van der Waals surface area (Å²) in [5, 5.41) is 0.813. The number of para-hydroxylation sites is 1. The van der Waals surface area contributed by atoms with E-state index in [4.69, 9.17) is 10.5 Å². The van der Waals surface area contributed by atoms with Gasteiger partial charge < -0.3 is 15.4 Å². The first-order chi connectivity index (χ1) is 9.99. The smallest absolute Gasteiger partial charge is 0.254 e. The quantitative estimate of drug-likeness (QED) is 0.916. The van der Waals surface area contributed by atoms with Crippen molar-refractivity contribution in [2.24, 2.45) is 0 Å². The van der Waals surface area contributed by atoms with Crippen LogP contribution in [0.2, 0.25) is 0 Å². The number of anilines is 1. The highest BCUT2D eigenvalue weighted by molar-refractivity contribution is 6.06. The number of likely N-dealkylation sites (N-methyl/N-ethyl adjacent to an activating group) is 1. The van der Waals surface area contributed by atoms with Gasteiger partial charge in [0.1, 0.15) is 5.82 Å². The number of hydrogen-bond donors (Lipinski definition) is 1. The lowest BCUT2D eigenvalue weighted by molar-refractivity contribution is 0.0533. The lowest BCUT2D eigenvalue weighted by Crippen LogP contribution is -2.31. The van der Waals surface area contributed by atoms with Gasteiger partial charge in [-0.15, -0.1) is 0 Å². The SMILES string of the molecule is CC(C)OCCN(C)C(=O)c1cc(N)nc2ccccc12. The number of nitrogens with two attached hydrogens (primary N) is 1. The molecular formula is C16H21N3O2. The molecule has 1 amide bonds. The van der Waals surface area contributed by atoms with Crippen molar-refractivity contribution in [3.8, 4) is 0 Å². The highest BCUT2D eigenvalue weighted by Crippen LogP contribution is 2.20. The van der Waals surface area contributed by atoms with Crippen molar-refractivity contribution in [2.75, 3.05) is 25.9 Å². The van der Waals surface area contributed by atoms with Crippen LogP contribution in [0.3, 0.4) is 0 Å². The molecular weight excluding hydrogens is 266 g/mol. The van der Waals surface area contributed by atoms with E-state index >= 15 is 0 Å². The van der Waals surface area contributed by atoms with Gasteiger partial charge in [-0.05, 0) is 26.0 Å². The van der Waals surface area contributed by atoms with Crippen LogP contribution in [0.25, 0.3) is 10.9 Å². The van der Waals surface area contributed by atoms with E-state index in [0.717, 1.165) is 10.9 Å². The fraction of sp³-hybridized carbons (Fsp3) is 0.375. The van der Waals surface area contributed by atoms with E-state index in [-0.39, 0.29) is 12.0 Å². The Hall–Kier alpha value is -2.14. The largest absolute Gasteiger partial charge is 0.384 e. The van der Waals surface area contributed by atoms with Gasteiger partial charge in [0, 0.05) is 19.0 Å². The topological polar surface area (TPSA) is 68.5 Å². The van der Waals surface area contributed by atoms with Gasteiger partial charge in [0.25, 0.3) is 5.91 Å². The van der Waals surface area contributed by atoms with Crippen molar-refractivity contribution in [3.05, 3.63) is 35.9 Å². The normalized spacial score (nSPS) is 11.0. The van der Waals surface area contributed by atoms with E-state index in [0.29, 0.717) is 24.5 Å². The Morgan fingerprint density at radius 1 is 1.38 bits per heavy atom. The molecule has 0 aliphatic heterocycles. The number of hydrogen-bond acceptors (Lipinski definition) is 4. The number of nitrogens with zero attached hydrogens (tertiary/aromatic N) is 2. The van der Waals surface area contributed by atoms with Crippen LogP contribution < -0.4 is 5.73 Å². The number of pyridine rings is 1. The molecule has 0 saturated heterocycles. The van der Waals surface area contributed by atoms with Crippen molar-refractivity contribution in [1.29, 1.82) is 0 Å². The second kappa shape index (κ2) is 6.54. The molecule has 0 radical (unpaired) electrons. The zero-order valence-corrected chi connectivity index (χ0v) is 12.7. The van der Waals surface area contributed by atoms with Crippen LogP contribution in [-0.2, 0) is 4.74 Å². The number of carbonyl (C=O) groups is 1. The number of ether oxygens (including phenoxy) is 1. The van der Waals surface area contributed by atoms with E-state index in [9.17, 15) is 4.79 Å². The van der Waals surface area contributed by atoms with Crippen molar-refractivity contribution in [2.45, 2.75) is 20.0 Å². The first-order valence-electron chi connectivity index (χ1n) is 7.01. The van der Waals surface area contributed by atoms with E-state index in [1.165, 1.54) is 0 Å². The second-order valence-electron chi connectivity index (χ2n) is 5.26. The van der Waals surface area contributed by atoms with Crippen LogP contribution in [0.1, 0.15) is 24.2 Å². The minimum atomic E-state index is -0.0762. The summed E-state index contributed by atoms with van der Waals surface area (Å²) in [6.45, 7) is 4.99. The Morgan fingerprint density at radius 3 is 2.81 bits per heavy atom. The Morgan fingerprint density at radius 2 is 2.10 bits per heavy atom. The molecule has 0 bridgehead atoms. The predicted octanol–water partition coefficient (Wildman–Crippen LogP) is 2.31. The third-order valence-corrected chi connectivity index (χ3v) is 3.19. The Kier molecular flexibility index (Phi) is 4.75. The van der Waals surface area contributed by atoms with Crippen LogP contribution in [0.5, 0.6) is 0 Å². The number of amides is 1. The molecule has 1 aromatic carbocycles. The van der Waals surface area contributed by atoms with Gasteiger partial charge in [0.2, 0.25) is 0 Å². The third-order valence-electron chi connectivity index (χ3n) is 3.19. The summed E-state index contributed by atoms with van der Waals surface area (Å²) in [7, 11) is 1.76. The summed E-state index contributed by atoms with van der Waals surface area (Å²) in [4.78, 5) is 18.5. The van der Waals surface area contributed by atoms with Gasteiger partial charge in [-0.25, -0.2) is 4.98 Å². The predicted molar refractivity (Wildman–Crippen MR) is 84.2 cm³/mol. The maximum Gasteiger partial charge on any atom is 0.254 e. The number of benzene rings is 1. The monoisotopic (exact) mass is 287 g/mol. The fourth-order valence-electron chi connectivity index (χ4n) is 2.11. The molecule has 2 rings (SSSR count). The molecule has 0 fully saturated rings. The minimum Gasteiger partial charge on any atom is -0.384 e. The molecule has 2 aromatic rings. The molecule has 0 atom stereocenters. The molecule has 0 aliphatic carbocycles. The van der Waals surface area contributed by atoms with E-state index in [1.54, 1.807) is 18.0 Å². The Bertz CT molecular complexity index is 640. The van der Waals surface area contributed by atoms with Crippen LogP contribution in [-0.4, -0.2) is 42.1 Å². The first-order valence-corrected chi connectivity index (χ1v) is 7.01. The number of carbonyl (C=O) groups excluding carboxylic acids is 1. The molecule has 2 N–H and O–H groups in total. The number of rotatable bonds is 5. The first kappa shape index (κ1) is 15.3. The average Bonchev–Trinajstić information content (AvgIpc) is 2.45. The van der Waals surface area contributed by atoms with Gasteiger partial charge in [0.15, 0.2) is 0 Å². The fourth-order valence-corrected chi connectivity index (χ4v) is 2.11. The second-order valence-corrected chi connectivity index (χ2v) is 5.26. The Labute approximate surface area is 124 Å². The average molecular weight is 287 g/mol. The molecule has 112 valence electrons. The zero-order valence-electron chi connectivity index (χ0n) is 12.7. The van der Waals surface area contributed by atoms with Crippen molar-refractivity contribution in [1.82, 2.24) is 9.88 Å². The molecule has 0 saturated carbocycles. The minimum absolute atomic E-state index is 0.0762. The number of aromatic nitrogens is 1. The Balaban J connectivity index is 2.22. The van der Waals surface area contributed by atoms with Gasteiger partial charge in [-0.3, -0.25) is 4.79 Å². The van der Waals surface area contributed by atoms with Crippen LogP contribution in [0.4, 0.5) is 5.82 Å². The van der Waals surface area contributed by atoms with Crippen molar-refractivity contribution in [3.63, 3.8) is 0 Å². The lowest BCUT2D eigenvalue weighted by atomic mass is 10.1. The van der Waals surface area contributed by atoms with E-state index in [1.807, 2.05) is 38.1 Å². The van der Waals surface area contributed by atoms with Gasteiger partial charge in [-0.2, -0.15) is 0 Å². The number of fused-ring (bicyclic) bond motifs is 1. The lowest BCUT2D eigenvalue weighted by Gasteiger charge is -2.19. The summed E-state index contributed by atoms with van der Waals surface area (Å²) in [6.07, 6.45) is 0.158. The van der Waals surface area contributed by atoms with Gasteiger partial charge in [0.05, 0.1) is 23.8 Å². The highest BCUT2D eigenvalue weighted by Gasteiger charge is 2.16. The van der Waals surface area contributed by atoms with Crippen molar-refractivity contribution < 1.29 is 9.53 Å². The zero-order chi connectivity index (χ0) is 15.4. The standard InChI is InChI=1S/C16H21N3O2/c1-11(2)21-9-8-19(3)16(20)13-10-15(17)18-14-7-5-4-6-12(13)14/h4-7,10-11H,8-9H2,1-3H3,(H2,17,18). The molecule has 5 heteroatoms. The van der Waals surface area contributed by atoms with Crippen LogP contribution >= 0.6 is 0 Å². The van der Waals surface area contributed by atoms with Crippen LogP contribution in [0.15, 0.2) is 30.3 Å². The molecule has 21 heavy (non-hydrogen) atoms. The summed E-state index contributed by atoms with van der Waals surface area (Å²) in [5.41, 5.74) is 7.10. The van der Waals surface area contributed by atoms with Crippen molar-refractivity contribution >= 4 is 22.6 Å². The number of nitrogen functional groups attached to an aromatic ring is 1. The summed E-state index contributed by atoms with van der Waals surface area (Å²) in [5.74, 6) is 0.275. The molecule has 0 unspecified atom stereocenters.